The van der Waals surface area contributed by atoms with Crippen LogP contribution in [-0.2, 0) is 5.92 Å². The molecule has 9 heteroatoms. The van der Waals surface area contributed by atoms with Gasteiger partial charge in [-0.05, 0) is 56.4 Å². The summed E-state index contributed by atoms with van der Waals surface area (Å²) in [5, 5.41) is 22.5. The number of hydrogen-bond acceptors (Lipinski definition) is 6. The zero-order chi connectivity index (χ0) is 23.8. The molecule has 0 fully saturated rings. The molecule has 2 heterocycles. The van der Waals surface area contributed by atoms with E-state index in [1.807, 2.05) is 12.1 Å². The summed E-state index contributed by atoms with van der Waals surface area (Å²) in [6.45, 7) is 1.87. The Morgan fingerprint density at radius 2 is 2.06 bits per heavy atom. The quantitative estimate of drug-likeness (QED) is 0.498. The Morgan fingerprint density at radius 1 is 1.27 bits per heavy atom. The molecular formula is C24H25F3N4O2. The minimum atomic E-state index is -3.68. The van der Waals surface area contributed by atoms with Gasteiger partial charge in [-0.1, -0.05) is 18.2 Å². The summed E-state index contributed by atoms with van der Waals surface area (Å²) >= 11 is 0. The minimum Gasteiger partial charge on any atom is -0.393 e. The second-order valence-electron chi connectivity index (χ2n) is 8.31. The number of rotatable bonds is 6. The first-order valence-electron chi connectivity index (χ1n) is 10.8. The van der Waals surface area contributed by atoms with Crippen LogP contribution in [0.15, 0.2) is 36.5 Å². The number of anilines is 1. The summed E-state index contributed by atoms with van der Waals surface area (Å²) in [5.74, 6) is -3.89. The molecule has 2 aromatic heterocycles. The largest absolute Gasteiger partial charge is 0.393 e. The van der Waals surface area contributed by atoms with Gasteiger partial charge in [0.05, 0.1) is 23.1 Å². The molecule has 1 unspecified atom stereocenters. The van der Waals surface area contributed by atoms with Crippen LogP contribution in [-0.4, -0.2) is 37.9 Å². The number of alkyl halides is 2. The van der Waals surface area contributed by atoms with Gasteiger partial charge >= 0.3 is 0 Å². The second-order valence-corrected chi connectivity index (χ2v) is 8.31. The van der Waals surface area contributed by atoms with Crippen molar-refractivity contribution < 1.29 is 23.4 Å². The van der Waals surface area contributed by atoms with Gasteiger partial charge in [0.15, 0.2) is 5.65 Å². The topological polar surface area (TPSA) is 91.2 Å². The highest BCUT2D eigenvalue weighted by Crippen LogP contribution is 2.34. The van der Waals surface area contributed by atoms with Gasteiger partial charge in [0, 0.05) is 11.8 Å². The number of nitrogens with zero attached hydrogens (tertiary/aromatic N) is 3. The molecule has 0 saturated carbocycles. The Bertz CT molecular complexity index is 1220. The summed E-state index contributed by atoms with van der Waals surface area (Å²) in [5.41, 5.74) is 1.58. The van der Waals surface area contributed by atoms with Crippen molar-refractivity contribution in [3.8, 4) is 0 Å². The van der Waals surface area contributed by atoms with E-state index in [1.54, 1.807) is 20.0 Å². The normalized spacial score (nSPS) is 17.7. The Morgan fingerprint density at radius 3 is 2.76 bits per heavy atom. The van der Waals surface area contributed by atoms with Gasteiger partial charge in [-0.3, -0.25) is 0 Å². The predicted molar refractivity (Wildman–Crippen MR) is 119 cm³/mol. The van der Waals surface area contributed by atoms with Crippen molar-refractivity contribution in [1.82, 2.24) is 15.0 Å². The highest BCUT2D eigenvalue weighted by atomic mass is 19.3. The van der Waals surface area contributed by atoms with Crippen molar-refractivity contribution in [2.24, 2.45) is 0 Å². The highest BCUT2D eigenvalue weighted by molar-refractivity contribution is 5.89. The number of pyridine rings is 1. The molecule has 3 N–H and O–H groups in total. The van der Waals surface area contributed by atoms with E-state index in [0.717, 1.165) is 23.6 Å². The number of halogens is 3. The number of fused-ring (bicyclic) bond motifs is 1. The molecule has 1 aromatic carbocycles. The molecule has 0 amide bonds. The van der Waals surface area contributed by atoms with E-state index < -0.39 is 30.0 Å². The number of aryl methyl sites for hydroxylation is 1. The van der Waals surface area contributed by atoms with E-state index in [-0.39, 0.29) is 11.7 Å². The van der Waals surface area contributed by atoms with Crippen molar-refractivity contribution in [3.63, 3.8) is 0 Å². The summed E-state index contributed by atoms with van der Waals surface area (Å²) in [7, 11) is 0. The van der Waals surface area contributed by atoms with Crippen LogP contribution in [0.25, 0.3) is 16.6 Å². The third-order valence-corrected chi connectivity index (χ3v) is 5.86. The van der Waals surface area contributed by atoms with Crippen LogP contribution < -0.4 is 5.32 Å². The second kappa shape index (κ2) is 9.07. The molecule has 0 aliphatic heterocycles. The predicted octanol–water partition coefficient (Wildman–Crippen LogP) is 4.66. The number of aliphatic hydroxyl groups is 2. The fraction of sp³-hybridized carbons (Fsp3) is 0.375. The fourth-order valence-corrected chi connectivity index (χ4v) is 4.02. The Hall–Kier alpha value is -3.04. The van der Waals surface area contributed by atoms with Crippen LogP contribution in [0.1, 0.15) is 54.7 Å². The van der Waals surface area contributed by atoms with Gasteiger partial charge in [-0.15, -0.1) is 0 Å². The first-order chi connectivity index (χ1) is 15.7. The molecule has 0 spiro atoms. The summed E-state index contributed by atoms with van der Waals surface area (Å²) in [6, 6.07) is 4.92. The maximum absolute atomic E-state index is 14.9. The standard InChI is InChI=1S/C24H25F3N4O2/c1-13(18-4-3-5-20(21(18)25)24(26,27)12-32)29-23-19-10-16(15-6-8-17(33)9-7-15)11-28-22(19)30-14(2)31-23/h3-6,10-11,13,17,32-33H,7-9,12H2,1-2H3,(H,28,29,30,31)/t13-,17?/m1/s1. The van der Waals surface area contributed by atoms with E-state index >= 15 is 0 Å². The molecule has 6 nitrogen and oxygen atoms in total. The SMILES string of the molecule is Cc1nc(N[C@H](C)c2cccc(C(F)(F)CO)c2F)c2cc(C3=CCC(O)CC3)cnc2n1. The average Bonchev–Trinajstić information content (AvgIpc) is 2.79. The van der Waals surface area contributed by atoms with E-state index in [9.17, 15) is 18.3 Å². The van der Waals surface area contributed by atoms with Crippen molar-refractivity contribution in [2.75, 3.05) is 11.9 Å². The average molecular weight is 458 g/mol. The zero-order valence-corrected chi connectivity index (χ0v) is 18.3. The van der Waals surface area contributed by atoms with E-state index in [0.29, 0.717) is 35.5 Å². The lowest BCUT2D eigenvalue weighted by Crippen LogP contribution is -2.22. The third-order valence-electron chi connectivity index (χ3n) is 5.86. The lowest BCUT2D eigenvalue weighted by molar-refractivity contribution is -0.0583. The van der Waals surface area contributed by atoms with Gasteiger partial charge in [0.2, 0.25) is 0 Å². The number of benzene rings is 1. The third kappa shape index (κ3) is 4.69. The van der Waals surface area contributed by atoms with Crippen LogP contribution in [0.2, 0.25) is 0 Å². The number of hydrogen-bond donors (Lipinski definition) is 3. The van der Waals surface area contributed by atoms with Gasteiger partial charge in [0.1, 0.15) is 24.1 Å². The van der Waals surface area contributed by atoms with Crippen LogP contribution in [0.4, 0.5) is 19.0 Å². The number of nitrogens with one attached hydrogen (secondary N) is 1. The molecule has 174 valence electrons. The summed E-state index contributed by atoms with van der Waals surface area (Å²) in [6.07, 6.45) is 5.35. The minimum absolute atomic E-state index is 0.0260. The highest BCUT2D eigenvalue weighted by Gasteiger charge is 2.35. The molecule has 1 aliphatic rings. The lowest BCUT2D eigenvalue weighted by Gasteiger charge is -2.21. The van der Waals surface area contributed by atoms with Gasteiger partial charge in [-0.25, -0.2) is 19.3 Å². The van der Waals surface area contributed by atoms with Crippen LogP contribution in [0, 0.1) is 12.7 Å². The smallest absolute Gasteiger partial charge is 0.298 e. The first kappa shape index (κ1) is 23.1. The van der Waals surface area contributed by atoms with E-state index in [1.165, 1.54) is 12.1 Å². The summed E-state index contributed by atoms with van der Waals surface area (Å²) in [4.78, 5) is 13.3. The molecule has 33 heavy (non-hydrogen) atoms. The maximum atomic E-state index is 14.9. The Kier molecular flexibility index (Phi) is 6.36. The molecular weight excluding hydrogens is 433 g/mol. The molecule has 0 saturated heterocycles. The van der Waals surface area contributed by atoms with Gasteiger partial charge in [-0.2, -0.15) is 8.78 Å². The van der Waals surface area contributed by atoms with Crippen LogP contribution >= 0.6 is 0 Å². The van der Waals surface area contributed by atoms with Crippen LogP contribution in [0.3, 0.4) is 0 Å². The van der Waals surface area contributed by atoms with E-state index in [2.05, 4.69) is 20.3 Å². The number of aromatic nitrogens is 3. The Balaban J connectivity index is 1.71. The van der Waals surface area contributed by atoms with Gasteiger partial charge in [0.25, 0.3) is 5.92 Å². The molecule has 3 aromatic rings. The van der Waals surface area contributed by atoms with Crippen molar-refractivity contribution in [2.45, 2.75) is 51.2 Å². The van der Waals surface area contributed by atoms with Crippen molar-refractivity contribution in [3.05, 3.63) is 64.9 Å². The number of aliphatic hydroxyl groups excluding tert-OH is 2. The van der Waals surface area contributed by atoms with Crippen molar-refractivity contribution >= 4 is 22.4 Å². The fourth-order valence-electron chi connectivity index (χ4n) is 4.02. The first-order valence-corrected chi connectivity index (χ1v) is 10.8. The Labute approximate surface area is 189 Å². The summed E-state index contributed by atoms with van der Waals surface area (Å²) < 4.78 is 42.9. The van der Waals surface area contributed by atoms with Gasteiger partial charge < -0.3 is 15.5 Å². The lowest BCUT2D eigenvalue weighted by atomic mass is 9.92. The van der Waals surface area contributed by atoms with E-state index in [4.69, 9.17) is 5.11 Å². The number of allylic oxidation sites excluding steroid dienone is 1. The molecule has 4 rings (SSSR count). The molecule has 0 radical (unpaired) electrons. The zero-order valence-electron chi connectivity index (χ0n) is 18.3. The molecule has 2 atom stereocenters. The van der Waals surface area contributed by atoms with Crippen LogP contribution in [0.5, 0.6) is 0 Å². The molecule has 1 aliphatic carbocycles. The maximum Gasteiger partial charge on any atom is 0.298 e. The monoisotopic (exact) mass is 458 g/mol. The molecule has 0 bridgehead atoms. The van der Waals surface area contributed by atoms with Crippen molar-refractivity contribution in [1.29, 1.82) is 0 Å².